The maximum atomic E-state index is 2.48. The molecule has 13 rings (SSSR count). The predicted molar refractivity (Wildman–Crippen MR) is 292 cm³/mol. The predicted octanol–water partition coefficient (Wildman–Crippen LogP) is 18.1. The van der Waals surface area contributed by atoms with Crippen molar-refractivity contribution in [1.29, 1.82) is 0 Å². The maximum Gasteiger partial charge on any atom is 0.0726 e. The first kappa shape index (κ1) is 41.0. The van der Waals surface area contributed by atoms with Gasteiger partial charge in [-0.25, -0.2) is 0 Å². The van der Waals surface area contributed by atoms with Gasteiger partial charge in [-0.15, -0.1) is 0 Å². The zero-order chi connectivity index (χ0) is 46.4. The van der Waals surface area contributed by atoms with Crippen LogP contribution in [0.25, 0.3) is 33.4 Å². The molecule has 11 aromatic rings. The molecule has 0 saturated heterocycles. The van der Waals surface area contributed by atoms with Crippen LogP contribution < -0.4 is 14.7 Å². The fourth-order valence-corrected chi connectivity index (χ4v) is 11.3. The summed E-state index contributed by atoms with van der Waals surface area (Å²) in [5.41, 5.74) is 21.9. The minimum atomic E-state index is -0.470. The third-order valence-corrected chi connectivity index (χ3v) is 14.2. The number of hydrogen-bond donors (Lipinski definition) is 0. The minimum Gasteiger partial charge on any atom is -0.310 e. The molecule has 0 aliphatic heterocycles. The average molecular weight is 894 g/mol. The van der Waals surface area contributed by atoms with Crippen molar-refractivity contribution in [3.63, 3.8) is 0 Å². The van der Waals surface area contributed by atoms with Crippen LogP contribution in [0.3, 0.4) is 0 Å². The Balaban J connectivity index is 1.01. The molecule has 0 radical (unpaired) electrons. The van der Waals surface area contributed by atoms with Crippen molar-refractivity contribution in [2.24, 2.45) is 0 Å². The van der Waals surface area contributed by atoms with Gasteiger partial charge >= 0.3 is 0 Å². The highest BCUT2D eigenvalue weighted by Gasteiger charge is 2.52. The lowest BCUT2D eigenvalue weighted by Gasteiger charge is -2.32. The fourth-order valence-electron chi connectivity index (χ4n) is 11.3. The molecule has 2 aliphatic rings. The van der Waals surface area contributed by atoms with E-state index in [0.717, 1.165) is 51.2 Å². The van der Waals surface area contributed by atoms with Crippen LogP contribution in [0.5, 0.6) is 0 Å². The molecule has 0 atom stereocenters. The van der Waals surface area contributed by atoms with Gasteiger partial charge in [0.1, 0.15) is 0 Å². The summed E-state index contributed by atoms with van der Waals surface area (Å²) in [5, 5.41) is 0. The Morgan fingerprint density at radius 3 is 1.04 bits per heavy atom. The number of anilines is 9. The second kappa shape index (κ2) is 17.2. The Bertz CT molecular complexity index is 3580. The van der Waals surface area contributed by atoms with Gasteiger partial charge < -0.3 is 14.7 Å². The molecule has 0 amide bonds. The zero-order valence-electron chi connectivity index (χ0n) is 38.5. The van der Waals surface area contributed by atoms with Gasteiger partial charge in [0.05, 0.1) is 11.1 Å². The number of rotatable bonds is 10. The Morgan fingerprint density at radius 1 is 0.214 bits per heavy atom. The van der Waals surface area contributed by atoms with Gasteiger partial charge in [-0.3, -0.25) is 0 Å². The lowest BCUT2D eigenvalue weighted by atomic mass is 9.70. The quantitative estimate of drug-likeness (QED) is 0.135. The molecule has 330 valence electrons. The molecule has 0 saturated carbocycles. The highest BCUT2D eigenvalue weighted by molar-refractivity contribution is 6.01. The van der Waals surface area contributed by atoms with Gasteiger partial charge in [0.2, 0.25) is 0 Å². The van der Waals surface area contributed by atoms with Crippen molar-refractivity contribution in [1.82, 2.24) is 0 Å². The molecule has 0 fully saturated rings. The van der Waals surface area contributed by atoms with Crippen LogP contribution >= 0.6 is 0 Å². The van der Waals surface area contributed by atoms with Gasteiger partial charge in [-0.2, -0.15) is 0 Å². The first-order chi connectivity index (χ1) is 34.8. The van der Waals surface area contributed by atoms with Crippen molar-refractivity contribution in [2.75, 3.05) is 14.7 Å². The van der Waals surface area contributed by atoms with Crippen molar-refractivity contribution in [3.8, 4) is 33.4 Å². The summed E-state index contributed by atoms with van der Waals surface area (Å²) < 4.78 is 0. The first-order valence-corrected chi connectivity index (χ1v) is 24.1. The van der Waals surface area contributed by atoms with Crippen molar-refractivity contribution in [3.05, 3.63) is 307 Å². The second-order valence-electron chi connectivity index (χ2n) is 18.1. The third kappa shape index (κ3) is 6.66. The monoisotopic (exact) mass is 893 g/mol. The van der Waals surface area contributed by atoms with Gasteiger partial charge in [-0.05, 0) is 141 Å². The first-order valence-electron chi connectivity index (χ1n) is 24.1. The molecule has 0 aromatic heterocycles. The number of fused-ring (bicyclic) bond motifs is 10. The van der Waals surface area contributed by atoms with Crippen molar-refractivity contribution >= 4 is 51.2 Å². The van der Waals surface area contributed by atoms with Crippen LogP contribution in [0.1, 0.15) is 22.3 Å². The molecule has 3 heteroatoms. The summed E-state index contributed by atoms with van der Waals surface area (Å²) in [6.45, 7) is 0. The molecule has 0 unspecified atom stereocenters. The van der Waals surface area contributed by atoms with Crippen LogP contribution in [-0.4, -0.2) is 0 Å². The van der Waals surface area contributed by atoms with E-state index in [0.29, 0.717) is 0 Å². The summed E-state index contributed by atoms with van der Waals surface area (Å²) in [4.78, 5) is 7.18. The van der Waals surface area contributed by atoms with Crippen LogP contribution in [-0.2, 0) is 5.41 Å². The van der Waals surface area contributed by atoms with Crippen LogP contribution in [0, 0.1) is 0 Å². The van der Waals surface area contributed by atoms with E-state index < -0.39 is 5.41 Å². The Labute approximate surface area is 410 Å². The number of para-hydroxylation sites is 3. The van der Waals surface area contributed by atoms with E-state index in [-0.39, 0.29) is 0 Å². The lowest BCUT2D eigenvalue weighted by molar-refractivity contribution is 0.794. The average Bonchev–Trinajstić information content (AvgIpc) is 3.91. The van der Waals surface area contributed by atoms with E-state index >= 15 is 0 Å². The SMILES string of the molecule is c1ccc(-c2ccc(N(c3cccc(N(c4ccccc4)c4cccc(N(c5ccccc5)c5ccccc5)c4)c3)c3cccc4c3-c3ccccc3C43c4ccccc4-c4ccccc43)cc2)cc1. The third-order valence-electron chi connectivity index (χ3n) is 14.2. The lowest BCUT2D eigenvalue weighted by Crippen LogP contribution is -2.26. The number of nitrogens with zero attached hydrogens (tertiary/aromatic N) is 3. The zero-order valence-corrected chi connectivity index (χ0v) is 38.5. The topological polar surface area (TPSA) is 9.72 Å². The van der Waals surface area contributed by atoms with Crippen LogP contribution in [0.2, 0.25) is 0 Å². The van der Waals surface area contributed by atoms with E-state index in [2.05, 4.69) is 300 Å². The maximum absolute atomic E-state index is 2.48. The van der Waals surface area contributed by atoms with Crippen molar-refractivity contribution in [2.45, 2.75) is 5.41 Å². The Morgan fingerprint density at radius 2 is 0.543 bits per heavy atom. The molecule has 0 bridgehead atoms. The van der Waals surface area contributed by atoms with E-state index in [1.807, 2.05) is 0 Å². The molecule has 3 nitrogen and oxygen atoms in total. The van der Waals surface area contributed by atoms with E-state index in [1.54, 1.807) is 0 Å². The summed E-state index contributed by atoms with van der Waals surface area (Å²) in [6.07, 6.45) is 0. The summed E-state index contributed by atoms with van der Waals surface area (Å²) in [6, 6.07) is 104. The van der Waals surface area contributed by atoms with Crippen LogP contribution in [0.4, 0.5) is 51.2 Å². The summed E-state index contributed by atoms with van der Waals surface area (Å²) >= 11 is 0. The molecule has 70 heavy (non-hydrogen) atoms. The molecule has 2 aliphatic carbocycles. The highest BCUT2D eigenvalue weighted by atomic mass is 15.2. The van der Waals surface area contributed by atoms with Crippen LogP contribution in [0.15, 0.2) is 285 Å². The molecule has 0 heterocycles. The normalized spacial score (nSPS) is 12.4. The molecule has 11 aromatic carbocycles. The van der Waals surface area contributed by atoms with Gasteiger partial charge in [0.15, 0.2) is 0 Å². The minimum absolute atomic E-state index is 0.470. The highest BCUT2D eigenvalue weighted by Crippen LogP contribution is 2.64. The number of hydrogen-bond acceptors (Lipinski definition) is 3. The van der Waals surface area contributed by atoms with E-state index in [4.69, 9.17) is 0 Å². The molecule has 0 N–H and O–H groups in total. The fraction of sp³-hybridized carbons (Fsp3) is 0.0149. The van der Waals surface area contributed by atoms with Gasteiger partial charge in [-0.1, -0.05) is 194 Å². The van der Waals surface area contributed by atoms with Crippen molar-refractivity contribution < 1.29 is 0 Å². The summed E-state index contributed by atoms with van der Waals surface area (Å²) in [7, 11) is 0. The smallest absolute Gasteiger partial charge is 0.0726 e. The van der Waals surface area contributed by atoms with Gasteiger partial charge in [0, 0.05) is 51.1 Å². The summed E-state index contributed by atoms with van der Waals surface area (Å²) in [5.74, 6) is 0. The molecular formula is C67H47N3. The largest absolute Gasteiger partial charge is 0.310 e. The van der Waals surface area contributed by atoms with E-state index in [1.165, 1.54) is 55.6 Å². The standard InChI is InChI=1S/C67H47N3/c1-5-22-48(23-6-1)49-42-44-53(45-43-49)70(65-41-21-40-64-66(65)60-36-15-18-39-63(60)67(64)61-37-16-13-34-58(61)59-35-14-17-38-62(59)67)57-33-20-32-56(47-57)69(52-28-11-4-12-29-52)55-31-19-30-54(46-55)68(50-24-7-2-8-25-50)51-26-9-3-10-27-51/h1-47H. The molecular weight excluding hydrogens is 847 g/mol. The molecule has 1 spiro atoms. The Kier molecular flexibility index (Phi) is 10.1. The number of benzene rings is 11. The Hall–Kier alpha value is -9.18. The van der Waals surface area contributed by atoms with Gasteiger partial charge in [0.25, 0.3) is 0 Å². The second-order valence-corrected chi connectivity index (χ2v) is 18.1. The van der Waals surface area contributed by atoms with E-state index in [9.17, 15) is 0 Å².